The van der Waals surface area contributed by atoms with Crippen molar-refractivity contribution >= 4 is 36.0 Å². The number of likely N-dealkylation sites (N-methyl/N-ethyl adjacent to an activating group) is 1. The molecule has 2 aromatic carbocycles. The second-order valence-electron chi connectivity index (χ2n) is 14.0. The van der Waals surface area contributed by atoms with Crippen molar-refractivity contribution in [2.75, 3.05) is 83.8 Å². The highest BCUT2D eigenvalue weighted by atomic mass is 32.2. The number of anilines is 1. The fraction of sp³-hybridized carbons (Fsp3) is 0.538. The zero-order valence-electron chi connectivity index (χ0n) is 33.3. The number of aryl methyl sites for hydroxylation is 1. The van der Waals surface area contributed by atoms with Crippen LogP contribution in [0.1, 0.15) is 56.7 Å². The Balaban J connectivity index is 1.87. The van der Waals surface area contributed by atoms with E-state index in [1.165, 1.54) is 24.3 Å². The smallest absolute Gasteiger partial charge is 0.294 e. The minimum Gasteiger partial charge on any atom is -0.382 e. The second-order valence-corrected chi connectivity index (χ2v) is 18.4. The fourth-order valence-corrected chi connectivity index (χ4v) is 8.37. The lowest BCUT2D eigenvalue weighted by Gasteiger charge is -2.33. The van der Waals surface area contributed by atoms with Gasteiger partial charge in [-0.1, -0.05) is 31.7 Å². The SMILES string of the molecule is C=C(/C=C/C=C1/N(CC)c2ccc(S(=O)(=O)O)cc2C1(C)CCOCCOCCOCCOCCOC)C(C)(CCCS(=O)(=O)O)c1cc(S(=O)(=O)O)ccc1C. The Morgan fingerprint density at radius 1 is 0.825 bits per heavy atom. The van der Waals surface area contributed by atoms with Crippen LogP contribution in [0.3, 0.4) is 0 Å². The molecule has 0 saturated heterocycles. The second kappa shape index (κ2) is 21.3. The van der Waals surface area contributed by atoms with Crippen molar-refractivity contribution in [2.45, 2.75) is 67.6 Å². The zero-order chi connectivity index (χ0) is 42.5. The van der Waals surface area contributed by atoms with Crippen molar-refractivity contribution in [1.29, 1.82) is 0 Å². The summed E-state index contributed by atoms with van der Waals surface area (Å²) in [7, 11) is -11.8. The molecular weight excluding hydrogens is 803 g/mol. The number of hydrogen-bond acceptors (Lipinski definition) is 12. The molecule has 0 fully saturated rings. The lowest BCUT2D eigenvalue weighted by Crippen LogP contribution is -2.30. The van der Waals surface area contributed by atoms with Crippen molar-refractivity contribution in [1.82, 2.24) is 0 Å². The van der Waals surface area contributed by atoms with Gasteiger partial charge in [-0.2, -0.15) is 25.3 Å². The van der Waals surface area contributed by atoms with Crippen molar-refractivity contribution in [3.05, 3.63) is 89.2 Å². The monoisotopic (exact) mass is 859 g/mol. The Hall–Kier alpha value is -3.01. The standard InChI is InChI=1S/C39H57NO14S3/c1-7-40-36-15-14-33(57(47,48)49)29-35(36)39(5,17-18-51-21-22-53-25-26-54-24-23-52-20-19-50-6)37(40)11-8-10-31(3)38(4,16-9-27-55(41,42)43)34-28-32(56(44,45)46)13-12-30(34)2/h8,10-15,28-29H,3,7,9,16-27H2,1-2,4-6H3,(H,41,42,43)(H,44,45,46)(H,47,48,49)/b10-8+,37-11+. The van der Waals surface area contributed by atoms with Gasteiger partial charge in [-0.05, 0) is 98.7 Å². The van der Waals surface area contributed by atoms with Gasteiger partial charge in [-0.3, -0.25) is 13.7 Å². The fourth-order valence-electron chi connectivity index (χ4n) is 6.85. The lowest BCUT2D eigenvalue weighted by molar-refractivity contribution is -0.00860. The van der Waals surface area contributed by atoms with Gasteiger partial charge >= 0.3 is 0 Å². The van der Waals surface area contributed by atoms with E-state index in [0.717, 1.165) is 11.4 Å². The van der Waals surface area contributed by atoms with Crippen LogP contribution < -0.4 is 4.90 Å². The topological polar surface area (TPSA) is 212 Å². The maximum Gasteiger partial charge on any atom is 0.294 e. The summed E-state index contributed by atoms with van der Waals surface area (Å²) in [6.07, 6.45) is 5.96. The Kier molecular flexibility index (Phi) is 18.1. The van der Waals surface area contributed by atoms with Crippen LogP contribution in [0.15, 0.2) is 82.3 Å². The van der Waals surface area contributed by atoms with E-state index < -0.39 is 46.9 Å². The molecule has 18 heteroatoms. The normalized spacial score (nSPS) is 18.0. The molecule has 2 unspecified atom stereocenters. The molecule has 3 rings (SSSR count). The molecule has 320 valence electrons. The van der Waals surface area contributed by atoms with E-state index in [1.807, 2.05) is 24.8 Å². The quantitative estimate of drug-likeness (QED) is 0.0622. The summed E-state index contributed by atoms with van der Waals surface area (Å²) in [6, 6.07) is 8.64. The third kappa shape index (κ3) is 13.8. The van der Waals surface area contributed by atoms with E-state index >= 15 is 0 Å². The van der Waals surface area contributed by atoms with Crippen molar-refractivity contribution in [3.63, 3.8) is 0 Å². The Labute approximate surface area is 337 Å². The zero-order valence-corrected chi connectivity index (χ0v) is 35.8. The molecule has 3 N–H and O–H groups in total. The maximum atomic E-state index is 12.2. The van der Waals surface area contributed by atoms with Crippen LogP contribution >= 0.6 is 0 Å². The predicted octanol–water partition coefficient (Wildman–Crippen LogP) is 5.31. The van der Waals surface area contributed by atoms with E-state index in [-0.39, 0.29) is 29.2 Å². The molecule has 0 bridgehead atoms. The van der Waals surface area contributed by atoms with Crippen LogP contribution in [0.5, 0.6) is 0 Å². The largest absolute Gasteiger partial charge is 0.382 e. The molecule has 1 heterocycles. The summed E-state index contributed by atoms with van der Waals surface area (Å²) in [6.45, 7) is 15.9. The Morgan fingerprint density at radius 3 is 1.88 bits per heavy atom. The van der Waals surface area contributed by atoms with Crippen LogP contribution in [0.2, 0.25) is 0 Å². The molecule has 0 aliphatic carbocycles. The van der Waals surface area contributed by atoms with Crippen molar-refractivity contribution in [2.24, 2.45) is 0 Å². The van der Waals surface area contributed by atoms with E-state index in [4.69, 9.17) is 23.7 Å². The lowest BCUT2D eigenvalue weighted by atomic mass is 9.71. The number of fused-ring (bicyclic) bond motifs is 1. The third-order valence-corrected chi connectivity index (χ3v) is 12.6. The number of nitrogens with zero attached hydrogens (tertiary/aromatic N) is 1. The number of hydrogen-bond donors (Lipinski definition) is 3. The predicted molar refractivity (Wildman–Crippen MR) is 217 cm³/mol. The summed E-state index contributed by atoms with van der Waals surface area (Å²) in [5, 5.41) is 0. The van der Waals surface area contributed by atoms with Crippen molar-refractivity contribution in [3.8, 4) is 0 Å². The van der Waals surface area contributed by atoms with Gasteiger partial charge in [0.15, 0.2) is 0 Å². The first-order valence-electron chi connectivity index (χ1n) is 18.5. The summed E-state index contributed by atoms with van der Waals surface area (Å²) in [4.78, 5) is 1.46. The van der Waals surface area contributed by atoms with E-state index in [2.05, 4.69) is 6.58 Å². The Morgan fingerprint density at radius 2 is 1.35 bits per heavy atom. The van der Waals surface area contributed by atoms with Gasteiger partial charge in [0.25, 0.3) is 30.4 Å². The molecule has 1 aliphatic heterocycles. The van der Waals surface area contributed by atoms with E-state index in [1.54, 1.807) is 45.2 Å². The molecule has 0 radical (unpaired) electrons. The van der Waals surface area contributed by atoms with E-state index in [9.17, 15) is 38.9 Å². The van der Waals surface area contributed by atoms with Crippen LogP contribution in [-0.2, 0) is 64.9 Å². The first-order chi connectivity index (χ1) is 26.7. The number of allylic oxidation sites excluding steroid dienone is 5. The van der Waals surface area contributed by atoms with Crippen LogP contribution in [0, 0.1) is 6.92 Å². The third-order valence-electron chi connectivity index (χ3n) is 10.1. The van der Waals surface area contributed by atoms with E-state index in [0.29, 0.717) is 88.1 Å². The summed E-state index contributed by atoms with van der Waals surface area (Å²) < 4.78 is 128. The molecule has 0 amide bonds. The highest BCUT2D eigenvalue weighted by Gasteiger charge is 2.43. The summed E-state index contributed by atoms with van der Waals surface area (Å²) >= 11 is 0. The molecule has 2 aromatic rings. The van der Waals surface area contributed by atoms with Gasteiger partial charge in [-0.25, -0.2) is 0 Å². The average molecular weight is 860 g/mol. The minimum atomic E-state index is -4.56. The highest BCUT2D eigenvalue weighted by molar-refractivity contribution is 7.86. The molecule has 2 atom stereocenters. The summed E-state index contributed by atoms with van der Waals surface area (Å²) in [5.74, 6) is -0.525. The molecule has 0 aromatic heterocycles. The number of ether oxygens (including phenoxy) is 5. The van der Waals surface area contributed by atoms with Crippen molar-refractivity contribution < 1.29 is 62.6 Å². The number of methoxy groups -OCH3 is 1. The molecule has 1 aliphatic rings. The average Bonchev–Trinajstić information content (AvgIpc) is 3.36. The molecule has 0 saturated carbocycles. The highest BCUT2D eigenvalue weighted by Crippen LogP contribution is 2.50. The first kappa shape index (κ1) is 48.4. The van der Waals surface area contributed by atoms with Crippen LogP contribution in [0.4, 0.5) is 5.69 Å². The molecule has 15 nitrogen and oxygen atoms in total. The summed E-state index contributed by atoms with van der Waals surface area (Å²) in [5.41, 5.74) is 2.06. The molecular formula is C39H57NO14S3. The van der Waals surface area contributed by atoms with Gasteiger partial charge in [0.05, 0.1) is 68.4 Å². The Bertz CT molecular complexity index is 2070. The van der Waals surface area contributed by atoms with Gasteiger partial charge < -0.3 is 28.6 Å². The maximum absolute atomic E-state index is 12.2. The number of rotatable bonds is 26. The van der Waals surface area contributed by atoms with Crippen LogP contribution in [-0.4, -0.2) is 118 Å². The van der Waals surface area contributed by atoms with Crippen LogP contribution in [0.25, 0.3) is 0 Å². The molecule has 0 spiro atoms. The van der Waals surface area contributed by atoms with Gasteiger partial charge in [0.1, 0.15) is 0 Å². The van der Waals surface area contributed by atoms with Gasteiger partial charge in [0, 0.05) is 42.5 Å². The number of benzene rings is 2. The van der Waals surface area contributed by atoms with Gasteiger partial charge in [-0.15, -0.1) is 0 Å². The van der Waals surface area contributed by atoms with Gasteiger partial charge in [0.2, 0.25) is 0 Å². The minimum absolute atomic E-state index is 0.0237. The molecule has 57 heavy (non-hydrogen) atoms. The first-order valence-corrected chi connectivity index (χ1v) is 23.0.